The van der Waals surface area contributed by atoms with Crippen molar-refractivity contribution in [3.8, 4) is 0 Å². The van der Waals surface area contributed by atoms with Crippen LogP contribution in [0.1, 0.15) is 39.0 Å². The minimum Gasteiger partial charge on any atom is -0.212 e. The smallest absolute Gasteiger partial charge is 0.212 e. The largest absolute Gasteiger partial charge is 0.242 e. The molecule has 2 atom stereocenters. The lowest BCUT2D eigenvalue weighted by Gasteiger charge is -2.31. The van der Waals surface area contributed by atoms with E-state index >= 15 is 0 Å². The van der Waals surface area contributed by atoms with Crippen LogP contribution in [0.4, 0.5) is 4.39 Å². The summed E-state index contributed by atoms with van der Waals surface area (Å²) in [6.45, 7) is 1.89. The quantitative estimate of drug-likeness (QED) is 0.718. The molecule has 1 aromatic rings. The highest BCUT2D eigenvalue weighted by atomic mass is 32.2. The molecule has 2 rings (SSSR count). The first-order chi connectivity index (χ1) is 12.2. The molecule has 6 nitrogen and oxygen atoms in total. The molecule has 1 aromatic carbocycles. The molecule has 1 aliphatic carbocycles. The van der Waals surface area contributed by atoms with Gasteiger partial charge in [-0.15, -0.1) is 0 Å². The fourth-order valence-electron chi connectivity index (χ4n) is 3.30. The lowest BCUT2D eigenvalue weighted by atomic mass is 9.83. The van der Waals surface area contributed by atoms with Crippen LogP contribution in [0, 0.1) is 11.7 Å². The number of rotatable bonds is 8. The minimum atomic E-state index is -3.85. The van der Waals surface area contributed by atoms with Crippen LogP contribution < -0.4 is 4.72 Å². The number of halogens is 1. The third-order valence-corrected chi connectivity index (χ3v) is 8.21. The molecule has 1 N–H and O–H groups in total. The van der Waals surface area contributed by atoms with E-state index in [4.69, 9.17) is 0 Å². The van der Waals surface area contributed by atoms with E-state index in [2.05, 4.69) is 11.6 Å². The Morgan fingerprint density at radius 2 is 1.73 bits per heavy atom. The van der Waals surface area contributed by atoms with Crippen LogP contribution in [0.25, 0.3) is 0 Å². The first kappa shape index (κ1) is 21.3. The molecule has 0 saturated heterocycles. The summed E-state index contributed by atoms with van der Waals surface area (Å²) >= 11 is 0. The fourth-order valence-corrected chi connectivity index (χ4v) is 5.99. The van der Waals surface area contributed by atoms with Crippen LogP contribution in [-0.4, -0.2) is 46.5 Å². The summed E-state index contributed by atoms with van der Waals surface area (Å²) in [4.78, 5) is -0.0647. The van der Waals surface area contributed by atoms with Gasteiger partial charge in [0, 0.05) is 19.6 Å². The summed E-state index contributed by atoms with van der Waals surface area (Å²) in [6.07, 6.45) is 4.88. The van der Waals surface area contributed by atoms with Crippen molar-refractivity contribution in [3.63, 3.8) is 0 Å². The molecule has 0 spiro atoms. The van der Waals surface area contributed by atoms with E-state index < -0.39 is 25.9 Å². The molecule has 9 heteroatoms. The molecule has 0 amide bonds. The SMILES string of the molecule is CC[C@@H]1CCCC[C@H]1NS(=O)(=O)CCN(C)S(=O)(=O)c1ccc(F)cc1. The zero-order valence-electron chi connectivity index (χ0n) is 15.2. The van der Waals surface area contributed by atoms with Gasteiger partial charge in [-0.3, -0.25) is 0 Å². The number of nitrogens with one attached hydrogen (secondary N) is 1. The zero-order chi connectivity index (χ0) is 19.4. The first-order valence-corrected chi connectivity index (χ1v) is 12.0. The van der Waals surface area contributed by atoms with Crippen molar-refractivity contribution in [2.75, 3.05) is 19.3 Å². The topological polar surface area (TPSA) is 83.6 Å². The second kappa shape index (κ2) is 8.77. The predicted molar refractivity (Wildman–Crippen MR) is 99.2 cm³/mol. The molecule has 0 unspecified atom stereocenters. The lowest BCUT2D eigenvalue weighted by molar-refractivity contribution is 0.282. The van der Waals surface area contributed by atoms with E-state index in [-0.39, 0.29) is 23.2 Å². The van der Waals surface area contributed by atoms with Crippen molar-refractivity contribution in [3.05, 3.63) is 30.1 Å². The average molecular weight is 407 g/mol. The summed E-state index contributed by atoms with van der Waals surface area (Å²) in [5, 5.41) is 0. The number of benzene rings is 1. The van der Waals surface area contributed by atoms with Crippen molar-refractivity contribution in [2.45, 2.75) is 50.0 Å². The standard InChI is InChI=1S/C17H27FN2O4S2/c1-3-14-6-4-5-7-17(14)19-25(21,22)13-12-20(2)26(23,24)16-10-8-15(18)9-11-16/h8-11,14,17,19H,3-7,12-13H2,1-2H3/t14-,17-/m1/s1. The number of sulfonamides is 2. The maximum Gasteiger partial charge on any atom is 0.242 e. The highest BCUT2D eigenvalue weighted by Crippen LogP contribution is 2.27. The van der Waals surface area contributed by atoms with Gasteiger partial charge in [0.15, 0.2) is 0 Å². The Bertz CT molecular complexity index is 795. The van der Waals surface area contributed by atoms with E-state index in [1.54, 1.807) is 0 Å². The van der Waals surface area contributed by atoms with Gasteiger partial charge in [0.1, 0.15) is 5.82 Å². The third-order valence-electron chi connectivity index (χ3n) is 4.96. The van der Waals surface area contributed by atoms with Crippen LogP contribution in [0.5, 0.6) is 0 Å². The maximum absolute atomic E-state index is 13.0. The highest BCUT2D eigenvalue weighted by Gasteiger charge is 2.28. The summed E-state index contributed by atoms with van der Waals surface area (Å²) in [5.41, 5.74) is 0. The van der Waals surface area contributed by atoms with Gasteiger partial charge in [-0.25, -0.2) is 25.9 Å². The van der Waals surface area contributed by atoms with E-state index in [1.807, 2.05) is 0 Å². The van der Waals surface area contributed by atoms with Crippen molar-refractivity contribution in [2.24, 2.45) is 5.92 Å². The first-order valence-electron chi connectivity index (χ1n) is 8.87. The van der Waals surface area contributed by atoms with Crippen molar-refractivity contribution in [1.29, 1.82) is 0 Å². The van der Waals surface area contributed by atoms with Crippen molar-refractivity contribution in [1.82, 2.24) is 9.03 Å². The Hall–Kier alpha value is -1.03. The number of hydrogen-bond acceptors (Lipinski definition) is 4. The van der Waals surface area contributed by atoms with E-state index in [1.165, 1.54) is 19.2 Å². The molecule has 26 heavy (non-hydrogen) atoms. The molecule has 0 bridgehead atoms. The number of hydrogen-bond donors (Lipinski definition) is 1. The number of nitrogens with zero attached hydrogens (tertiary/aromatic N) is 1. The lowest BCUT2D eigenvalue weighted by Crippen LogP contribution is -2.44. The Labute approximate surface area is 155 Å². The summed E-state index contributed by atoms with van der Waals surface area (Å²) in [5.74, 6) is -0.507. The normalized spacial score (nSPS) is 21.8. The fraction of sp³-hybridized carbons (Fsp3) is 0.647. The monoisotopic (exact) mass is 406 g/mol. The third kappa shape index (κ3) is 5.48. The minimum absolute atomic E-state index is 0.0647. The van der Waals surface area contributed by atoms with E-state index in [0.29, 0.717) is 5.92 Å². The van der Waals surface area contributed by atoms with Gasteiger partial charge in [-0.1, -0.05) is 26.2 Å². The molecule has 0 aliphatic heterocycles. The van der Waals surface area contributed by atoms with Crippen LogP contribution in [0.2, 0.25) is 0 Å². The van der Waals surface area contributed by atoms with E-state index in [9.17, 15) is 21.2 Å². The summed E-state index contributed by atoms with van der Waals surface area (Å²) < 4.78 is 66.4. The molecule has 148 valence electrons. The molecule has 0 radical (unpaired) electrons. The van der Waals surface area contributed by atoms with Crippen molar-refractivity contribution < 1.29 is 21.2 Å². The molecular weight excluding hydrogens is 379 g/mol. The summed E-state index contributed by atoms with van der Waals surface area (Å²) in [6, 6.07) is 4.39. The van der Waals surface area contributed by atoms with Crippen molar-refractivity contribution >= 4 is 20.0 Å². The molecule has 1 saturated carbocycles. The Balaban J connectivity index is 1.98. The van der Waals surface area contributed by atoms with E-state index in [0.717, 1.165) is 48.5 Å². The van der Waals surface area contributed by atoms with Gasteiger partial charge < -0.3 is 0 Å². The van der Waals surface area contributed by atoms with Gasteiger partial charge in [-0.05, 0) is 43.0 Å². The highest BCUT2D eigenvalue weighted by molar-refractivity contribution is 7.90. The Morgan fingerprint density at radius 3 is 2.35 bits per heavy atom. The van der Waals surface area contributed by atoms with Gasteiger partial charge in [-0.2, -0.15) is 4.31 Å². The van der Waals surface area contributed by atoms with Gasteiger partial charge >= 0.3 is 0 Å². The Kier molecular flexibility index (Phi) is 7.18. The average Bonchev–Trinajstić information content (AvgIpc) is 2.60. The second-order valence-electron chi connectivity index (χ2n) is 6.78. The molecule has 1 fully saturated rings. The molecule has 0 heterocycles. The second-order valence-corrected chi connectivity index (χ2v) is 10.7. The van der Waals surface area contributed by atoms with Gasteiger partial charge in [0.2, 0.25) is 20.0 Å². The van der Waals surface area contributed by atoms with Crippen LogP contribution in [0.3, 0.4) is 0 Å². The van der Waals surface area contributed by atoms with Crippen LogP contribution in [-0.2, 0) is 20.0 Å². The Morgan fingerprint density at radius 1 is 1.12 bits per heavy atom. The summed E-state index contributed by atoms with van der Waals surface area (Å²) in [7, 11) is -6.11. The zero-order valence-corrected chi connectivity index (χ0v) is 16.8. The molecule has 0 aromatic heterocycles. The van der Waals surface area contributed by atoms with Gasteiger partial charge in [0.25, 0.3) is 0 Å². The van der Waals surface area contributed by atoms with Crippen LogP contribution >= 0.6 is 0 Å². The molecule has 1 aliphatic rings. The molecular formula is C17H27FN2O4S2. The van der Waals surface area contributed by atoms with Crippen LogP contribution in [0.15, 0.2) is 29.2 Å². The maximum atomic E-state index is 13.0. The predicted octanol–water partition coefficient (Wildman–Crippen LogP) is 2.33. The van der Waals surface area contributed by atoms with Gasteiger partial charge in [0.05, 0.1) is 10.6 Å².